The fourth-order valence-electron chi connectivity index (χ4n) is 0.805. The lowest BCUT2D eigenvalue weighted by Gasteiger charge is -1.85. The van der Waals surface area contributed by atoms with E-state index in [-0.39, 0.29) is 0 Å². The fraction of sp³-hybridized carbons (Fsp3) is 0.200. The first-order valence-electron chi connectivity index (χ1n) is 2.52. The van der Waals surface area contributed by atoms with Crippen LogP contribution in [0.2, 0.25) is 0 Å². The number of hydrogen-bond donors (Lipinski definition) is 2. The lowest BCUT2D eigenvalue weighted by molar-refractivity contribution is 0.585. The molecule has 2 N–H and O–H groups in total. The summed E-state index contributed by atoms with van der Waals surface area (Å²) in [7, 11) is 0. The molecule has 0 atom stereocenters. The molecule has 3 heteroatoms. The molecule has 42 valence electrons. The van der Waals surface area contributed by atoms with Crippen LogP contribution >= 0.6 is 0 Å². The third-order valence-electron chi connectivity index (χ3n) is 1.19. The van der Waals surface area contributed by atoms with Crippen molar-refractivity contribution in [2.45, 2.75) is 0 Å². The molecule has 0 aromatic carbocycles. The van der Waals surface area contributed by atoms with Gasteiger partial charge in [-0.25, -0.2) is 0 Å². The highest BCUT2D eigenvalue weighted by atomic mass is 16.3. The largest absolute Gasteiger partial charge is 0.447 e. The van der Waals surface area contributed by atoms with Gasteiger partial charge in [-0.2, -0.15) is 0 Å². The molecule has 0 amide bonds. The highest BCUT2D eigenvalue weighted by molar-refractivity contribution is 5.66. The van der Waals surface area contributed by atoms with Crippen LogP contribution in [0.25, 0.3) is 0 Å². The van der Waals surface area contributed by atoms with Gasteiger partial charge in [0.2, 0.25) is 5.88 Å². The van der Waals surface area contributed by atoms with E-state index in [1.807, 2.05) is 6.07 Å². The second kappa shape index (κ2) is 1.18. The first kappa shape index (κ1) is 3.83. The van der Waals surface area contributed by atoms with Gasteiger partial charge in [0.05, 0.1) is 18.6 Å². The van der Waals surface area contributed by atoms with Crippen LogP contribution in [0, 0.1) is 0 Å². The molecule has 2 rings (SSSR count). The molecule has 1 aromatic rings. The van der Waals surface area contributed by atoms with Crippen LogP contribution in [0.1, 0.15) is 0 Å². The van der Waals surface area contributed by atoms with E-state index < -0.39 is 0 Å². The van der Waals surface area contributed by atoms with E-state index in [4.69, 9.17) is 4.42 Å². The topological polar surface area (TPSA) is 37.2 Å². The molecule has 0 saturated heterocycles. The van der Waals surface area contributed by atoms with E-state index in [0.29, 0.717) is 0 Å². The lowest BCUT2D eigenvalue weighted by atomic mass is 10.5. The van der Waals surface area contributed by atoms with Gasteiger partial charge in [-0.15, -0.1) is 0 Å². The summed E-state index contributed by atoms with van der Waals surface area (Å²) in [5, 5.41) is 6.08. The molecule has 0 spiro atoms. The van der Waals surface area contributed by atoms with Crippen molar-refractivity contribution in [3.63, 3.8) is 0 Å². The summed E-state index contributed by atoms with van der Waals surface area (Å²) >= 11 is 0. The Morgan fingerprint density at radius 1 is 1.50 bits per heavy atom. The van der Waals surface area contributed by atoms with Crippen molar-refractivity contribution in [1.29, 1.82) is 0 Å². The molecular weight excluding hydrogens is 104 g/mol. The Bertz CT molecular complexity index is 176. The second-order valence-corrected chi connectivity index (χ2v) is 1.69. The number of nitrogens with one attached hydrogen (secondary N) is 2. The minimum Gasteiger partial charge on any atom is -0.447 e. The Balaban J connectivity index is 2.54. The van der Waals surface area contributed by atoms with Crippen LogP contribution in [0.5, 0.6) is 0 Å². The average Bonchev–Trinajstić information content (AvgIpc) is 2.15. The highest BCUT2D eigenvalue weighted by Crippen LogP contribution is 2.25. The summed E-state index contributed by atoms with van der Waals surface area (Å²) in [6.07, 6.45) is 1.66. The second-order valence-electron chi connectivity index (χ2n) is 1.69. The van der Waals surface area contributed by atoms with Crippen LogP contribution < -0.4 is 10.6 Å². The van der Waals surface area contributed by atoms with Crippen molar-refractivity contribution >= 4 is 11.6 Å². The molecule has 1 aromatic heterocycles. The Hall–Kier alpha value is -1.12. The summed E-state index contributed by atoms with van der Waals surface area (Å²) in [5.74, 6) is 0.852. The van der Waals surface area contributed by atoms with Crippen LogP contribution in [0.3, 0.4) is 0 Å². The number of anilines is 2. The van der Waals surface area contributed by atoms with Crippen LogP contribution in [0.15, 0.2) is 16.7 Å². The van der Waals surface area contributed by atoms with E-state index >= 15 is 0 Å². The first-order chi connectivity index (χ1) is 3.97. The van der Waals surface area contributed by atoms with Gasteiger partial charge in [0, 0.05) is 6.07 Å². The molecule has 2 heterocycles. The molecule has 0 aliphatic carbocycles. The predicted octanol–water partition coefficient (Wildman–Crippen LogP) is 1.07. The Morgan fingerprint density at radius 3 is 3.38 bits per heavy atom. The summed E-state index contributed by atoms with van der Waals surface area (Å²) in [6.45, 7) is 0.787. The van der Waals surface area contributed by atoms with Gasteiger partial charge in [-0.3, -0.25) is 0 Å². The van der Waals surface area contributed by atoms with E-state index in [0.717, 1.165) is 18.2 Å². The minimum atomic E-state index is 0.787. The minimum absolute atomic E-state index is 0.787. The van der Waals surface area contributed by atoms with Crippen molar-refractivity contribution in [2.24, 2.45) is 0 Å². The van der Waals surface area contributed by atoms with Crippen molar-refractivity contribution in [3.05, 3.63) is 12.3 Å². The van der Waals surface area contributed by atoms with Gasteiger partial charge in [0.1, 0.15) is 0 Å². The molecule has 0 saturated carbocycles. The van der Waals surface area contributed by atoms with E-state index in [9.17, 15) is 0 Å². The normalized spacial score (nSPS) is 14.5. The van der Waals surface area contributed by atoms with Crippen molar-refractivity contribution in [3.8, 4) is 0 Å². The highest BCUT2D eigenvalue weighted by Gasteiger charge is 2.09. The lowest BCUT2D eigenvalue weighted by Crippen LogP contribution is -1.99. The van der Waals surface area contributed by atoms with Gasteiger partial charge < -0.3 is 15.1 Å². The standard InChI is InChI=1S/C5H6N2O/c1-2-8-5-4(1)6-3-7-5/h1-2,6-7H,3H2. The third kappa shape index (κ3) is 0.332. The molecule has 1 aliphatic heterocycles. The molecule has 3 nitrogen and oxygen atoms in total. The van der Waals surface area contributed by atoms with Crippen LogP contribution in [0.4, 0.5) is 11.6 Å². The van der Waals surface area contributed by atoms with E-state index in [2.05, 4.69) is 10.6 Å². The van der Waals surface area contributed by atoms with Gasteiger partial charge in [0.25, 0.3) is 0 Å². The molecule has 0 bridgehead atoms. The number of hydrogen-bond acceptors (Lipinski definition) is 3. The number of rotatable bonds is 0. The maximum atomic E-state index is 5.00. The first-order valence-corrected chi connectivity index (χ1v) is 2.52. The summed E-state index contributed by atoms with van der Waals surface area (Å²) in [5.41, 5.74) is 1.06. The molecule has 0 unspecified atom stereocenters. The van der Waals surface area contributed by atoms with Crippen LogP contribution in [-0.4, -0.2) is 6.67 Å². The molecule has 1 aliphatic rings. The predicted molar refractivity (Wildman–Crippen MR) is 30.8 cm³/mol. The third-order valence-corrected chi connectivity index (χ3v) is 1.19. The van der Waals surface area contributed by atoms with Gasteiger partial charge >= 0.3 is 0 Å². The average molecular weight is 110 g/mol. The maximum absolute atomic E-state index is 5.00. The number of fused-ring (bicyclic) bond motifs is 1. The maximum Gasteiger partial charge on any atom is 0.217 e. The van der Waals surface area contributed by atoms with Crippen molar-refractivity contribution < 1.29 is 4.42 Å². The van der Waals surface area contributed by atoms with Crippen LogP contribution in [-0.2, 0) is 0 Å². The van der Waals surface area contributed by atoms with Gasteiger partial charge in [-0.1, -0.05) is 0 Å². The zero-order valence-electron chi connectivity index (χ0n) is 4.27. The van der Waals surface area contributed by atoms with Gasteiger partial charge in [-0.05, 0) is 0 Å². The Morgan fingerprint density at radius 2 is 2.50 bits per heavy atom. The fourth-order valence-corrected chi connectivity index (χ4v) is 0.805. The summed E-state index contributed by atoms with van der Waals surface area (Å²) in [6, 6.07) is 1.90. The summed E-state index contributed by atoms with van der Waals surface area (Å²) < 4.78 is 5.00. The van der Waals surface area contributed by atoms with Crippen molar-refractivity contribution in [1.82, 2.24) is 0 Å². The Labute approximate surface area is 46.7 Å². The SMILES string of the molecule is c1cc2c(o1)NCN2. The smallest absolute Gasteiger partial charge is 0.217 e. The van der Waals surface area contributed by atoms with E-state index in [1.54, 1.807) is 6.26 Å². The molecule has 0 radical (unpaired) electrons. The zero-order chi connectivity index (χ0) is 5.40. The zero-order valence-corrected chi connectivity index (χ0v) is 4.27. The quantitative estimate of drug-likeness (QED) is 0.524. The van der Waals surface area contributed by atoms with Crippen molar-refractivity contribution in [2.75, 3.05) is 17.3 Å². The van der Waals surface area contributed by atoms with E-state index in [1.165, 1.54) is 0 Å². The van der Waals surface area contributed by atoms with Gasteiger partial charge in [0.15, 0.2) is 0 Å². The molecular formula is C5H6N2O. The Kier molecular flexibility index (Phi) is 0.566. The summed E-state index contributed by atoms with van der Waals surface area (Å²) in [4.78, 5) is 0. The monoisotopic (exact) mass is 110 g/mol. The molecule has 0 fully saturated rings. The number of furan rings is 1. The molecule has 8 heavy (non-hydrogen) atoms.